The minimum absolute atomic E-state index is 0.346. The number of rotatable bonds is 1. The van der Waals surface area contributed by atoms with E-state index >= 15 is 0 Å². The molecule has 0 radical (unpaired) electrons. The zero-order valence-corrected chi connectivity index (χ0v) is 11.2. The Kier molecular flexibility index (Phi) is 3.04. The fourth-order valence-corrected chi connectivity index (χ4v) is 3.32. The van der Waals surface area contributed by atoms with Gasteiger partial charge < -0.3 is 10.5 Å². The van der Waals surface area contributed by atoms with Crippen LogP contribution in [-0.2, 0) is 11.2 Å². The normalized spacial score (nSPS) is 32.4. The average Bonchev–Trinajstić information content (AvgIpc) is 2.75. The maximum atomic E-state index is 5.87. The monoisotopic (exact) mass is 246 g/mol. The summed E-state index contributed by atoms with van der Waals surface area (Å²) in [4.78, 5) is 2.61. The van der Waals surface area contributed by atoms with Gasteiger partial charge in [0, 0.05) is 24.3 Å². The van der Waals surface area contributed by atoms with Gasteiger partial charge in [0.15, 0.2) is 0 Å². The molecule has 3 unspecified atom stereocenters. The van der Waals surface area contributed by atoms with Crippen molar-refractivity contribution in [3.05, 3.63) is 29.3 Å². The Labute approximate surface area is 109 Å². The highest BCUT2D eigenvalue weighted by atomic mass is 16.5. The minimum atomic E-state index is 0.346. The molecule has 3 rings (SSSR count). The van der Waals surface area contributed by atoms with Gasteiger partial charge in [-0.15, -0.1) is 0 Å². The summed E-state index contributed by atoms with van der Waals surface area (Å²) in [6.07, 6.45) is 2.72. The number of morpholine rings is 1. The van der Waals surface area contributed by atoms with Gasteiger partial charge in [-0.1, -0.05) is 6.07 Å². The van der Waals surface area contributed by atoms with Gasteiger partial charge >= 0.3 is 0 Å². The van der Waals surface area contributed by atoms with Crippen molar-refractivity contribution in [1.29, 1.82) is 0 Å². The number of benzene rings is 1. The lowest BCUT2D eigenvalue weighted by atomic mass is 10.0. The quantitative estimate of drug-likeness (QED) is 0.773. The zero-order valence-electron chi connectivity index (χ0n) is 11.2. The molecule has 1 aromatic rings. The highest BCUT2D eigenvalue weighted by Crippen LogP contribution is 2.38. The second kappa shape index (κ2) is 4.56. The van der Waals surface area contributed by atoms with Gasteiger partial charge in [-0.05, 0) is 49.9 Å². The molecule has 0 saturated carbocycles. The fourth-order valence-electron chi connectivity index (χ4n) is 3.32. The summed E-state index contributed by atoms with van der Waals surface area (Å²) in [6, 6.07) is 7.46. The average molecular weight is 246 g/mol. The molecule has 1 fully saturated rings. The van der Waals surface area contributed by atoms with Crippen molar-refractivity contribution in [1.82, 2.24) is 4.90 Å². The molecule has 1 heterocycles. The number of ether oxygens (including phenoxy) is 1. The molecule has 0 amide bonds. The summed E-state index contributed by atoms with van der Waals surface area (Å²) < 4.78 is 5.73. The van der Waals surface area contributed by atoms with Crippen LogP contribution in [0.3, 0.4) is 0 Å². The number of nitrogens with two attached hydrogens (primary N) is 1. The Balaban J connectivity index is 1.86. The second-order valence-corrected chi connectivity index (χ2v) is 5.70. The first kappa shape index (κ1) is 12.0. The minimum Gasteiger partial charge on any atom is -0.399 e. The third-order valence-electron chi connectivity index (χ3n) is 4.27. The Morgan fingerprint density at radius 1 is 1.33 bits per heavy atom. The molecule has 0 bridgehead atoms. The van der Waals surface area contributed by atoms with Crippen LogP contribution >= 0.6 is 0 Å². The molecule has 3 atom stereocenters. The molecule has 0 spiro atoms. The molecule has 1 aliphatic carbocycles. The van der Waals surface area contributed by atoms with Crippen LogP contribution in [-0.4, -0.2) is 30.2 Å². The third-order valence-corrected chi connectivity index (χ3v) is 4.27. The van der Waals surface area contributed by atoms with E-state index in [0.717, 1.165) is 25.3 Å². The van der Waals surface area contributed by atoms with Gasteiger partial charge in [-0.3, -0.25) is 4.90 Å². The topological polar surface area (TPSA) is 38.5 Å². The van der Waals surface area contributed by atoms with Crippen molar-refractivity contribution in [3.63, 3.8) is 0 Å². The lowest BCUT2D eigenvalue weighted by Crippen LogP contribution is -2.48. The van der Waals surface area contributed by atoms with Crippen molar-refractivity contribution in [2.75, 3.05) is 18.9 Å². The fraction of sp³-hybridized carbons (Fsp3) is 0.600. The number of fused-ring (bicyclic) bond motifs is 1. The molecule has 3 nitrogen and oxygen atoms in total. The first-order valence-corrected chi connectivity index (χ1v) is 6.91. The molecule has 3 heteroatoms. The second-order valence-electron chi connectivity index (χ2n) is 5.70. The number of hydrogen-bond donors (Lipinski definition) is 1. The highest BCUT2D eigenvalue weighted by molar-refractivity contribution is 5.47. The molecule has 2 N–H and O–H groups in total. The maximum absolute atomic E-state index is 5.87. The van der Waals surface area contributed by atoms with E-state index in [1.807, 2.05) is 6.07 Å². The first-order valence-electron chi connectivity index (χ1n) is 6.91. The Bertz CT molecular complexity index is 446. The predicted octanol–water partition coefficient (Wildman–Crippen LogP) is 2.37. The van der Waals surface area contributed by atoms with Crippen LogP contribution in [0.25, 0.3) is 0 Å². The molecule has 1 saturated heterocycles. The Hall–Kier alpha value is -1.06. The smallest absolute Gasteiger partial charge is 0.0675 e. The molecule has 1 aromatic carbocycles. The van der Waals surface area contributed by atoms with Crippen LogP contribution in [0.15, 0.2) is 18.2 Å². The standard InChI is InChI=1S/C15H22N2O/c1-10-9-18-11(2)8-17(10)15-6-3-12-7-13(16)4-5-14(12)15/h4-5,7,10-11,15H,3,6,8-9,16H2,1-2H3. The van der Waals surface area contributed by atoms with Crippen LogP contribution in [0.5, 0.6) is 0 Å². The van der Waals surface area contributed by atoms with Gasteiger partial charge in [-0.2, -0.15) is 0 Å². The van der Waals surface area contributed by atoms with Crippen LogP contribution in [0.2, 0.25) is 0 Å². The van der Waals surface area contributed by atoms with E-state index in [4.69, 9.17) is 10.5 Å². The molecule has 98 valence electrons. The molecular weight excluding hydrogens is 224 g/mol. The lowest BCUT2D eigenvalue weighted by Gasteiger charge is -2.41. The number of hydrogen-bond acceptors (Lipinski definition) is 3. The van der Waals surface area contributed by atoms with Crippen molar-refractivity contribution in [3.8, 4) is 0 Å². The summed E-state index contributed by atoms with van der Waals surface area (Å²) in [7, 11) is 0. The lowest BCUT2D eigenvalue weighted by molar-refractivity contribution is -0.0664. The summed E-state index contributed by atoms with van der Waals surface area (Å²) in [5.41, 5.74) is 9.67. The van der Waals surface area contributed by atoms with Gasteiger partial charge in [0.25, 0.3) is 0 Å². The zero-order chi connectivity index (χ0) is 12.7. The van der Waals surface area contributed by atoms with Crippen LogP contribution < -0.4 is 5.73 Å². The largest absolute Gasteiger partial charge is 0.399 e. The van der Waals surface area contributed by atoms with E-state index < -0.39 is 0 Å². The molecular formula is C15H22N2O. The number of anilines is 1. The van der Waals surface area contributed by atoms with Crippen molar-refractivity contribution < 1.29 is 4.74 Å². The van der Waals surface area contributed by atoms with Gasteiger partial charge in [-0.25, -0.2) is 0 Å². The first-order chi connectivity index (χ1) is 8.65. The van der Waals surface area contributed by atoms with E-state index in [1.54, 1.807) is 0 Å². The van der Waals surface area contributed by atoms with E-state index in [9.17, 15) is 0 Å². The number of nitrogens with zero attached hydrogens (tertiary/aromatic N) is 1. The summed E-state index contributed by atoms with van der Waals surface area (Å²) >= 11 is 0. The number of aryl methyl sites for hydroxylation is 1. The summed E-state index contributed by atoms with van der Waals surface area (Å²) in [5.74, 6) is 0. The van der Waals surface area contributed by atoms with Crippen molar-refractivity contribution >= 4 is 5.69 Å². The Morgan fingerprint density at radius 3 is 3.00 bits per heavy atom. The van der Waals surface area contributed by atoms with Crippen LogP contribution in [0.1, 0.15) is 37.4 Å². The van der Waals surface area contributed by atoms with Gasteiger partial charge in [0.05, 0.1) is 12.7 Å². The Morgan fingerprint density at radius 2 is 2.17 bits per heavy atom. The molecule has 18 heavy (non-hydrogen) atoms. The molecule has 0 aromatic heterocycles. The maximum Gasteiger partial charge on any atom is 0.0675 e. The highest BCUT2D eigenvalue weighted by Gasteiger charge is 2.34. The van der Waals surface area contributed by atoms with E-state index in [0.29, 0.717) is 18.2 Å². The molecule has 1 aliphatic heterocycles. The van der Waals surface area contributed by atoms with E-state index in [1.165, 1.54) is 17.5 Å². The predicted molar refractivity (Wildman–Crippen MR) is 73.5 cm³/mol. The van der Waals surface area contributed by atoms with Crippen LogP contribution in [0.4, 0.5) is 5.69 Å². The van der Waals surface area contributed by atoms with Gasteiger partial charge in [0.1, 0.15) is 0 Å². The third kappa shape index (κ3) is 2.02. The van der Waals surface area contributed by atoms with Crippen LogP contribution in [0, 0.1) is 0 Å². The summed E-state index contributed by atoms with van der Waals surface area (Å²) in [6.45, 7) is 6.32. The van der Waals surface area contributed by atoms with E-state index in [-0.39, 0.29) is 0 Å². The summed E-state index contributed by atoms with van der Waals surface area (Å²) in [5, 5.41) is 0. The molecule has 2 aliphatic rings. The van der Waals surface area contributed by atoms with Crippen molar-refractivity contribution in [2.24, 2.45) is 0 Å². The van der Waals surface area contributed by atoms with Crippen molar-refractivity contribution in [2.45, 2.75) is 44.9 Å². The van der Waals surface area contributed by atoms with E-state index in [2.05, 4.69) is 30.9 Å². The SMILES string of the molecule is CC1CN(C2CCc3cc(N)ccc32)C(C)CO1. The van der Waals surface area contributed by atoms with Gasteiger partial charge in [0.2, 0.25) is 0 Å². The number of nitrogen functional groups attached to an aromatic ring is 1.